The highest BCUT2D eigenvalue weighted by Crippen LogP contribution is 2.11. The van der Waals surface area contributed by atoms with Crippen LogP contribution < -0.4 is 0 Å². The van der Waals surface area contributed by atoms with E-state index in [1.807, 2.05) is 0 Å². The van der Waals surface area contributed by atoms with E-state index in [0.717, 1.165) is 154 Å². The van der Waals surface area contributed by atoms with Crippen LogP contribution in [0.4, 0.5) is 0 Å². The van der Waals surface area contributed by atoms with Crippen molar-refractivity contribution < 1.29 is 28.6 Å². The van der Waals surface area contributed by atoms with E-state index in [2.05, 4.69) is 167 Å². The van der Waals surface area contributed by atoms with E-state index in [-0.39, 0.29) is 37.5 Å². The molecule has 0 aliphatic carbocycles. The summed E-state index contributed by atoms with van der Waals surface area (Å²) in [6.45, 7) is 6.24. The summed E-state index contributed by atoms with van der Waals surface area (Å²) in [4.78, 5) is 37.7. The van der Waals surface area contributed by atoms with Gasteiger partial charge in [-0.25, -0.2) is 0 Å². The number of rotatable bonds is 45. The van der Waals surface area contributed by atoms with Crippen molar-refractivity contribution in [2.24, 2.45) is 0 Å². The van der Waals surface area contributed by atoms with Crippen LogP contribution in [0.5, 0.6) is 0 Å². The number of carbonyl (C=O) groups is 3. The third kappa shape index (κ3) is 52.1. The minimum absolute atomic E-state index is 0.109. The van der Waals surface area contributed by atoms with Crippen LogP contribution in [0.15, 0.2) is 146 Å². The van der Waals surface area contributed by atoms with Crippen LogP contribution in [-0.2, 0) is 28.6 Å². The molecule has 0 heterocycles. The third-order valence-corrected chi connectivity index (χ3v) is 10.3. The molecule has 1 unspecified atom stereocenters. The van der Waals surface area contributed by atoms with Gasteiger partial charge in [0.05, 0.1) is 0 Å². The fourth-order valence-electron chi connectivity index (χ4n) is 6.45. The van der Waals surface area contributed by atoms with Gasteiger partial charge in [0.1, 0.15) is 13.2 Å². The highest BCUT2D eigenvalue weighted by atomic mass is 16.6. The number of ether oxygens (including phenoxy) is 3. The first-order valence-electron chi connectivity index (χ1n) is 26.3. The van der Waals surface area contributed by atoms with Crippen molar-refractivity contribution in [2.45, 2.75) is 207 Å². The molecule has 0 aliphatic heterocycles. The van der Waals surface area contributed by atoms with Gasteiger partial charge in [-0.3, -0.25) is 14.4 Å². The largest absolute Gasteiger partial charge is 0.462 e. The van der Waals surface area contributed by atoms with Gasteiger partial charge in [-0.15, -0.1) is 0 Å². The average Bonchev–Trinajstić information content (AvgIpc) is 3.33. The van der Waals surface area contributed by atoms with Crippen molar-refractivity contribution >= 4 is 17.9 Å². The topological polar surface area (TPSA) is 78.9 Å². The van der Waals surface area contributed by atoms with E-state index in [1.165, 1.54) is 0 Å². The summed E-state index contributed by atoms with van der Waals surface area (Å²) in [7, 11) is 0. The Kier molecular flexibility index (Phi) is 50.1. The third-order valence-electron chi connectivity index (χ3n) is 10.3. The maximum atomic E-state index is 12.7. The Bertz CT molecular complexity index is 1530. The summed E-state index contributed by atoms with van der Waals surface area (Å²) in [5.74, 6) is -1.01. The second kappa shape index (κ2) is 53.9. The second-order valence-corrected chi connectivity index (χ2v) is 16.7. The molecule has 67 heavy (non-hydrogen) atoms. The number of esters is 3. The van der Waals surface area contributed by atoms with E-state index in [1.54, 1.807) is 0 Å². The Morgan fingerprint density at radius 3 is 0.925 bits per heavy atom. The first-order valence-corrected chi connectivity index (χ1v) is 26.3. The normalized spacial score (nSPS) is 13.3. The summed E-state index contributed by atoms with van der Waals surface area (Å²) in [5, 5.41) is 0. The predicted octanol–water partition coefficient (Wildman–Crippen LogP) is 17.6. The lowest BCUT2D eigenvalue weighted by molar-refractivity contribution is -0.167. The summed E-state index contributed by atoms with van der Waals surface area (Å²) in [5.41, 5.74) is 0. The molecule has 0 rings (SSSR count). The summed E-state index contributed by atoms with van der Waals surface area (Å²) in [6.07, 6.45) is 77.3. The molecule has 0 fully saturated rings. The van der Waals surface area contributed by atoms with E-state index < -0.39 is 6.10 Å². The Hall–Kier alpha value is -4.71. The van der Waals surface area contributed by atoms with Gasteiger partial charge < -0.3 is 14.2 Å². The molecular formula is C61H94O6. The summed E-state index contributed by atoms with van der Waals surface area (Å²) >= 11 is 0. The zero-order chi connectivity index (χ0) is 48.6. The summed E-state index contributed by atoms with van der Waals surface area (Å²) < 4.78 is 16.6. The minimum Gasteiger partial charge on any atom is -0.462 e. The van der Waals surface area contributed by atoms with Crippen molar-refractivity contribution in [2.75, 3.05) is 13.2 Å². The predicted molar refractivity (Wildman–Crippen MR) is 288 cm³/mol. The molecule has 0 aromatic carbocycles. The Balaban J connectivity index is 4.30. The fourth-order valence-corrected chi connectivity index (χ4v) is 6.45. The molecule has 0 aliphatic rings. The number of hydrogen-bond donors (Lipinski definition) is 0. The smallest absolute Gasteiger partial charge is 0.306 e. The fraction of sp³-hybridized carbons (Fsp3) is 0.557. The molecule has 0 amide bonds. The first kappa shape index (κ1) is 62.3. The minimum atomic E-state index is -0.811. The SMILES string of the molecule is CC/C=C\C/C=C\C/C=C\C/C=C\C/C=C\C/C=C\C/C=C\C/C=C\CCCCC(=O)OCC(COC(=O)CCCCCCC)OC(=O)CCCCCC/C=C\C/C=C\C/C=C\C/C=C\CC. The van der Waals surface area contributed by atoms with Crippen LogP contribution in [0.3, 0.4) is 0 Å². The quantitative estimate of drug-likeness (QED) is 0.0262. The van der Waals surface area contributed by atoms with E-state index in [4.69, 9.17) is 14.2 Å². The molecule has 1 atom stereocenters. The van der Waals surface area contributed by atoms with Crippen molar-refractivity contribution in [3.63, 3.8) is 0 Å². The number of hydrogen-bond acceptors (Lipinski definition) is 6. The lowest BCUT2D eigenvalue weighted by atomic mass is 10.1. The highest BCUT2D eigenvalue weighted by Gasteiger charge is 2.19. The van der Waals surface area contributed by atoms with Crippen molar-refractivity contribution in [1.29, 1.82) is 0 Å². The van der Waals surface area contributed by atoms with E-state index >= 15 is 0 Å². The molecule has 0 spiro atoms. The maximum absolute atomic E-state index is 12.7. The van der Waals surface area contributed by atoms with Crippen LogP contribution in [0.2, 0.25) is 0 Å². The first-order chi connectivity index (χ1) is 33.0. The standard InChI is InChI=1S/C61H94O6/c1-4-7-10-13-15-17-19-21-23-25-26-27-28-29-30-31-32-33-34-36-37-39-41-43-45-48-51-54-60(63)66-57-58(56-65-59(62)53-50-47-12-9-6-3)67-61(64)55-52-49-46-44-42-40-38-35-24-22-20-18-16-14-11-8-5-2/h7-8,10-11,15-18,21-24,26-27,29-30,32-33,36-38,40-41,43,58H,4-6,9,12-14,19-20,25,28,31,34-35,39,42,44-57H2,1-3H3/b10-7-,11-8-,17-15-,18-16-,23-21-,24-22-,27-26-,30-29-,33-32-,37-36-,40-38-,43-41-. The molecule has 0 saturated carbocycles. The van der Waals surface area contributed by atoms with Gasteiger partial charge >= 0.3 is 17.9 Å². The van der Waals surface area contributed by atoms with Crippen LogP contribution in [0.1, 0.15) is 201 Å². The molecule has 0 aromatic rings. The van der Waals surface area contributed by atoms with E-state index in [9.17, 15) is 14.4 Å². The molecule has 0 N–H and O–H groups in total. The van der Waals surface area contributed by atoms with Crippen LogP contribution >= 0.6 is 0 Å². The van der Waals surface area contributed by atoms with Gasteiger partial charge in [0.25, 0.3) is 0 Å². The zero-order valence-electron chi connectivity index (χ0n) is 42.6. The molecular weight excluding hydrogens is 829 g/mol. The molecule has 0 aromatic heterocycles. The maximum Gasteiger partial charge on any atom is 0.306 e. The molecule has 374 valence electrons. The van der Waals surface area contributed by atoms with E-state index in [0.29, 0.717) is 19.3 Å². The van der Waals surface area contributed by atoms with Gasteiger partial charge in [-0.05, 0) is 122 Å². The summed E-state index contributed by atoms with van der Waals surface area (Å²) in [6, 6.07) is 0. The molecule has 0 radical (unpaired) electrons. The number of carbonyl (C=O) groups excluding carboxylic acids is 3. The molecule has 6 heteroatoms. The lowest BCUT2D eigenvalue weighted by Crippen LogP contribution is -2.30. The Morgan fingerprint density at radius 1 is 0.313 bits per heavy atom. The van der Waals surface area contributed by atoms with Crippen LogP contribution in [0, 0.1) is 0 Å². The molecule has 6 nitrogen and oxygen atoms in total. The van der Waals surface area contributed by atoms with Gasteiger partial charge in [-0.2, -0.15) is 0 Å². The van der Waals surface area contributed by atoms with Gasteiger partial charge in [0.15, 0.2) is 6.10 Å². The molecule has 0 saturated heterocycles. The van der Waals surface area contributed by atoms with Crippen molar-refractivity contribution in [1.82, 2.24) is 0 Å². The van der Waals surface area contributed by atoms with Gasteiger partial charge in [0.2, 0.25) is 0 Å². The Morgan fingerprint density at radius 2 is 0.582 bits per heavy atom. The number of unbranched alkanes of at least 4 members (excludes halogenated alkanes) is 10. The van der Waals surface area contributed by atoms with Crippen LogP contribution in [-0.4, -0.2) is 37.2 Å². The zero-order valence-corrected chi connectivity index (χ0v) is 42.6. The monoisotopic (exact) mass is 923 g/mol. The van der Waals surface area contributed by atoms with Crippen molar-refractivity contribution in [3.05, 3.63) is 146 Å². The number of allylic oxidation sites excluding steroid dienone is 24. The van der Waals surface area contributed by atoms with Gasteiger partial charge in [-0.1, -0.05) is 205 Å². The van der Waals surface area contributed by atoms with Gasteiger partial charge in [0, 0.05) is 19.3 Å². The Labute approximate surface area is 410 Å². The highest BCUT2D eigenvalue weighted by molar-refractivity contribution is 5.71. The molecule has 0 bridgehead atoms. The average molecular weight is 923 g/mol. The van der Waals surface area contributed by atoms with Crippen molar-refractivity contribution in [3.8, 4) is 0 Å². The lowest BCUT2D eigenvalue weighted by Gasteiger charge is -2.18. The van der Waals surface area contributed by atoms with Crippen LogP contribution in [0.25, 0.3) is 0 Å². The second-order valence-electron chi connectivity index (χ2n) is 16.7.